The zero-order chi connectivity index (χ0) is 20.5. The Morgan fingerprint density at radius 1 is 1.10 bits per heavy atom. The van der Waals surface area contributed by atoms with E-state index in [-0.39, 0.29) is 11.5 Å². The lowest BCUT2D eigenvalue weighted by atomic mass is 10.1. The van der Waals surface area contributed by atoms with Crippen molar-refractivity contribution in [2.45, 2.75) is 32.9 Å². The molecular formula is C22H24N4O3. The summed E-state index contributed by atoms with van der Waals surface area (Å²) in [5.41, 5.74) is 2.22. The minimum Gasteiger partial charge on any atom is -0.494 e. The summed E-state index contributed by atoms with van der Waals surface area (Å²) in [4.78, 5) is 28.3. The number of pyridine rings is 1. The van der Waals surface area contributed by atoms with Crippen LogP contribution in [0.2, 0.25) is 0 Å². The SMILES string of the molecule is CCOc1ccc(-c2ccc(=O)n(CCCC(=O)NCc3ccccn3)n2)cc1. The molecule has 2 aromatic heterocycles. The Hall–Kier alpha value is -3.48. The highest BCUT2D eigenvalue weighted by molar-refractivity contribution is 5.75. The summed E-state index contributed by atoms with van der Waals surface area (Å²) >= 11 is 0. The second-order valence-electron chi connectivity index (χ2n) is 6.44. The number of amides is 1. The summed E-state index contributed by atoms with van der Waals surface area (Å²) in [5.74, 6) is 0.715. The average molecular weight is 392 g/mol. The molecule has 1 N–H and O–H groups in total. The Bertz CT molecular complexity index is 985. The van der Waals surface area contributed by atoms with Gasteiger partial charge < -0.3 is 10.1 Å². The van der Waals surface area contributed by atoms with E-state index in [1.165, 1.54) is 10.7 Å². The first-order valence-corrected chi connectivity index (χ1v) is 9.63. The monoisotopic (exact) mass is 392 g/mol. The first-order valence-electron chi connectivity index (χ1n) is 9.63. The second kappa shape index (κ2) is 10.2. The molecule has 3 aromatic rings. The Balaban J connectivity index is 1.54. The summed E-state index contributed by atoms with van der Waals surface area (Å²) in [6.45, 7) is 3.31. The topological polar surface area (TPSA) is 86.1 Å². The molecule has 0 saturated carbocycles. The van der Waals surface area contributed by atoms with E-state index in [2.05, 4.69) is 15.4 Å². The van der Waals surface area contributed by atoms with Gasteiger partial charge in [-0.2, -0.15) is 5.10 Å². The van der Waals surface area contributed by atoms with Gasteiger partial charge in [-0.05, 0) is 55.8 Å². The number of rotatable bonds is 9. The highest BCUT2D eigenvalue weighted by Crippen LogP contribution is 2.19. The molecule has 0 unspecified atom stereocenters. The number of aromatic nitrogens is 3. The van der Waals surface area contributed by atoms with Crippen LogP contribution in [0.1, 0.15) is 25.5 Å². The van der Waals surface area contributed by atoms with Crippen LogP contribution in [0.5, 0.6) is 5.75 Å². The smallest absolute Gasteiger partial charge is 0.266 e. The van der Waals surface area contributed by atoms with Crippen molar-refractivity contribution in [1.29, 1.82) is 0 Å². The molecule has 0 spiro atoms. The number of nitrogens with one attached hydrogen (secondary N) is 1. The van der Waals surface area contributed by atoms with Crippen molar-refractivity contribution in [3.05, 3.63) is 76.8 Å². The van der Waals surface area contributed by atoms with Crippen molar-refractivity contribution in [2.24, 2.45) is 0 Å². The molecule has 0 bridgehead atoms. The van der Waals surface area contributed by atoms with Crippen molar-refractivity contribution in [3.63, 3.8) is 0 Å². The maximum absolute atomic E-state index is 12.1. The molecule has 0 radical (unpaired) electrons. The molecule has 150 valence electrons. The minimum atomic E-state index is -0.186. The van der Waals surface area contributed by atoms with E-state index < -0.39 is 0 Å². The molecule has 2 heterocycles. The molecule has 0 aliphatic rings. The number of benzene rings is 1. The Labute approximate surface area is 169 Å². The maximum Gasteiger partial charge on any atom is 0.266 e. The van der Waals surface area contributed by atoms with Crippen LogP contribution in [-0.2, 0) is 17.9 Å². The fourth-order valence-electron chi connectivity index (χ4n) is 2.82. The maximum atomic E-state index is 12.1. The minimum absolute atomic E-state index is 0.0774. The third-order valence-corrected chi connectivity index (χ3v) is 4.29. The lowest BCUT2D eigenvalue weighted by Crippen LogP contribution is -2.25. The van der Waals surface area contributed by atoms with Gasteiger partial charge in [-0.3, -0.25) is 14.6 Å². The number of aryl methyl sites for hydroxylation is 1. The van der Waals surface area contributed by atoms with Crippen molar-refractivity contribution < 1.29 is 9.53 Å². The van der Waals surface area contributed by atoms with E-state index in [0.29, 0.717) is 38.2 Å². The zero-order valence-electron chi connectivity index (χ0n) is 16.4. The number of carbonyl (C=O) groups is 1. The van der Waals surface area contributed by atoms with E-state index in [1.807, 2.05) is 49.4 Å². The van der Waals surface area contributed by atoms with Crippen LogP contribution in [0.15, 0.2) is 65.6 Å². The van der Waals surface area contributed by atoms with Crippen molar-refractivity contribution >= 4 is 5.91 Å². The van der Waals surface area contributed by atoms with Gasteiger partial charge in [-0.1, -0.05) is 6.07 Å². The second-order valence-corrected chi connectivity index (χ2v) is 6.44. The van der Waals surface area contributed by atoms with Crippen molar-refractivity contribution in [3.8, 4) is 17.0 Å². The molecule has 7 heteroatoms. The standard InChI is InChI=1S/C22H24N4O3/c1-2-29-19-10-8-17(9-11-19)20-12-13-22(28)26(25-20)15-5-7-21(27)24-16-18-6-3-4-14-23-18/h3-4,6,8-14H,2,5,7,15-16H2,1H3,(H,24,27). The van der Waals surface area contributed by atoms with Crippen LogP contribution in [-0.4, -0.2) is 27.3 Å². The summed E-state index contributed by atoms with van der Waals surface area (Å²) < 4.78 is 6.85. The number of hydrogen-bond acceptors (Lipinski definition) is 5. The molecule has 0 atom stereocenters. The highest BCUT2D eigenvalue weighted by atomic mass is 16.5. The molecule has 0 aliphatic carbocycles. The lowest BCUT2D eigenvalue weighted by molar-refractivity contribution is -0.121. The molecule has 29 heavy (non-hydrogen) atoms. The third kappa shape index (κ3) is 6.00. The van der Waals surface area contributed by atoms with Crippen molar-refractivity contribution in [2.75, 3.05) is 6.61 Å². The van der Waals surface area contributed by atoms with Crippen LogP contribution < -0.4 is 15.6 Å². The molecule has 0 aliphatic heterocycles. The summed E-state index contributed by atoms with van der Waals surface area (Å²) in [6, 6.07) is 16.3. The van der Waals surface area contributed by atoms with Gasteiger partial charge >= 0.3 is 0 Å². The van der Waals surface area contributed by atoms with Gasteiger partial charge in [0.05, 0.1) is 24.5 Å². The Morgan fingerprint density at radius 3 is 2.66 bits per heavy atom. The van der Waals surface area contributed by atoms with Gasteiger partial charge in [0, 0.05) is 30.8 Å². The number of nitrogens with zero attached hydrogens (tertiary/aromatic N) is 3. The van der Waals surface area contributed by atoms with Crippen LogP contribution in [0.4, 0.5) is 0 Å². The molecule has 7 nitrogen and oxygen atoms in total. The first kappa shape index (κ1) is 20.3. The Morgan fingerprint density at radius 2 is 1.93 bits per heavy atom. The number of hydrogen-bond donors (Lipinski definition) is 1. The van der Waals surface area contributed by atoms with Crippen LogP contribution in [0.3, 0.4) is 0 Å². The van der Waals surface area contributed by atoms with Crippen molar-refractivity contribution in [1.82, 2.24) is 20.1 Å². The van der Waals surface area contributed by atoms with Gasteiger partial charge in [0.1, 0.15) is 5.75 Å². The quantitative estimate of drug-likeness (QED) is 0.605. The Kier molecular flexibility index (Phi) is 7.10. The van der Waals surface area contributed by atoms with Gasteiger partial charge in [0.15, 0.2) is 0 Å². The molecule has 1 aromatic carbocycles. The van der Waals surface area contributed by atoms with Gasteiger partial charge in [0.25, 0.3) is 5.56 Å². The molecular weight excluding hydrogens is 368 g/mol. The largest absolute Gasteiger partial charge is 0.494 e. The van der Waals surface area contributed by atoms with Gasteiger partial charge in [0.2, 0.25) is 5.91 Å². The van der Waals surface area contributed by atoms with Gasteiger partial charge in [-0.25, -0.2) is 4.68 Å². The summed E-state index contributed by atoms with van der Waals surface area (Å²) in [6.07, 6.45) is 2.53. The van der Waals surface area contributed by atoms with E-state index in [1.54, 1.807) is 12.3 Å². The zero-order valence-corrected chi connectivity index (χ0v) is 16.4. The molecule has 3 rings (SSSR count). The highest BCUT2D eigenvalue weighted by Gasteiger charge is 2.06. The van der Waals surface area contributed by atoms with E-state index in [4.69, 9.17) is 4.74 Å². The van der Waals surface area contributed by atoms with E-state index in [9.17, 15) is 9.59 Å². The molecule has 1 amide bonds. The normalized spacial score (nSPS) is 10.5. The van der Waals surface area contributed by atoms with Crippen LogP contribution in [0.25, 0.3) is 11.3 Å². The molecule has 0 saturated heterocycles. The third-order valence-electron chi connectivity index (χ3n) is 4.29. The number of ether oxygens (including phenoxy) is 1. The first-order chi connectivity index (χ1) is 14.2. The van der Waals surface area contributed by atoms with Crippen LogP contribution >= 0.6 is 0 Å². The number of carbonyl (C=O) groups excluding carboxylic acids is 1. The van der Waals surface area contributed by atoms with E-state index in [0.717, 1.165) is 17.0 Å². The summed E-state index contributed by atoms with van der Waals surface area (Å²) in [7, 11) is 0. The average Bonchev–Trinajstić information content (AvgIpc) is 2.75. The van der Waals surface area contributed by atoms with Crippen LogP contribution in [0, 0.1) is 0 Å². The predicted molar refractivity (Wildman–Crippen MR) is 110 cm³/mol. The fourth-order valence-corrected chi connectivity index (χ4v) is 2.82. The summed E-state index contributed by atoms with van der Waals surface area (Å²) in [5, 5.41) is 7.26. The molecule has 0 fully saturated rings. The van der Waals surface area contributed by atoms with E-state index >= 15 is 0 Å². The predicted octanol–water partition coefficient (Wildman–Crippen LogP) is 2.80. The fraction of sp³-hybridized carbons (Fsp3) is 0.273. The van der Waals surface area contributed by atoms with Gasteiger partial charge in [-0.15, -0.1) is 0 Å². The lowest BCUT2D eigenvalue weighted by Gasteiger charge is -2.09.